The number of para-hydroxylation sites is 1. The minimum absolute atomic E-state index is 0.101. The van der Waals surface area contributed by atoms with Crippen LogP contribution < -0.4 is 4.90 Å². The molecule has 7 aromatic carbocycles. The lowest BCUT2D eigenvalue weighted by atomic mass is 9.70. The Balaban J connectivity index is 1.09. The summed E-state index contributed by atoms with van der Waals surface area (Å²) >= 11 is 0. The molecule has 2 heterocycles. The van der Waals surface area contributed by atoms with Crippen molar-refractivity contribution in [3.8, 4) is 56.3 Å². The number of anilines is 2. The lowest BCUT2D eigenvalue weighted by Crippen LogP contribution is -2.36. The number of hydrogen-bond acceptors (Lipinski definition) is 4. The lowest BCUT2D eigenvalue weighted by Gasteiger charge is -2.45. The summed E-state index contributed by atoms with van der Waals surface area (Å²) in [4.78, 5) is 2.50. The Labute approximate surface area is 356 Å². The average Bonchev–Trinajstić information content (AvgIpc) is 3.72. The molecule has 1 aromatic heterocycles. The van der Waals surface area contributed by atoms with Crippen molar-refractivity contribution in [3.05, 3.63) is 179 Å². The fourth-order valence-electron chi connectivity index (χ4n) is 10.7. The van der Waals surface area contributed by atoms with Gasteiger partial charge >= 0.3 is 0 Å². The van der Waals surface area contributed by atoms with Gasteiger partial charge in [-0.1, -0.05) is 107 Å². The normalized spacial score (nSPS) is 15.9. The van der Waals surface area contributed by atoms with Crippen LogP contribution >= 0.6 is 0 Å². The third-order valence-electron chi connectivity index (χ3n) is 14.1. The Morgan fingerprint density at radius 2 is 1.10 bits per heavy atom. The van der Waals surface area contributed by atoms with E-state index in [2.05, 4.69) is 165 Å². The summed E-state index contributed by atoms with van der Waals surface area (Å²) in [6, 6.07) is 46.1. The Morgan fingerprint density at radius 3 is 1.84 bits per heavy atom. The van der Waals surface area contributed by atoms with Crippen LogP contribution in [0, 0.1) is 13.8 Å². The fourth-order valence-corrected chi connectivity index (χ4v) is 10.7. The highest BCUT2D eigenvalue weighted by Crippen LogP contribution is 2.56. The van der Waals surface area contributed by atoms with E-state index in [9.17, 15) is 15.3 Å². The lowest BCUT2D eigenvalue weighted by molar-refractivity contribution is 0.420. The van der Waals surface area contributed by atoms with Gasteiger partial charge in [-0.05, 0) is 137 Å². The summed E-state index contributed by atoms with van der Waals surface area (Å²) in [5, 5.41) is 35.2. The molecule has 61 heavy (non-hydrogen) atoms. The molecule has 0 fully saturated rings. The maximum Gasteiger partial charge on any atom is 0.133 e. The number of hydrogen-bond donors (Lipinski definition) is 3. The number of phenolic OH excluding ortho intramolecular Hbond substituents is 3. The number of aromatic nitrogens is 1. The summed E-state index contributed by atoms with van der Waals surface area (Å²) in [6.07, 6.45) is 6.94. The van der Waals surface area contributed by atoms with E-state index in [1.54, 1.807) is 13.8 Å². The summed E-state index contributed by atoms with van der Waals surface area (Å²) in [7, 11) is 0. The van der Waals surface area contributed by atoms with Gasteiger partial charge in [0.25, 0.3) is 0 Å². The smallest absolute Gasteiger partial charge is 0.133 e. The van der Waals surface area contributed by atoms with Gasteiger partial charge in [-0.2, -0.15) is 0 Å². The minimum Gasteiger partial charge on any atom is -0.507 e. The molecule has 8 aromatic rings. The van der Waals surface area contributed by atoms with E-state index in [4.69, 9.17) is 0 Å². The number of benzene rings is 7. The van der Waals surface area contributed by atoms with Gasteiger partial charge in [0.05, 0.1) is 22.3 Å². The largest absolute Gasteiger partial charge is 0.507 e. The molecule has 2 aliphatic carbocycles. The standard InChI is InChI=1S/C56H48N2O3/c1-32-52(59)33(2)54(61)51(53(32)60)36-22-26-48-42(29-36)41-28-34(20-25-47(41)57(48)37-14-8-7-9-15-37)35-21-27-50-46(30-35)56(5,6)44-18-12-13-19-49(44)58(50)38-23-24-40-39-16-10-11-17-43(39)55(3,4)45(40)31-38/h7-11,14-31,59-61H,12-13H2,1-6H3. The average molecular weight is 797 g/mol. The molecule has 300 valence electrons. The SMILES string of the molecule is Cc1c(O)c(C)c(O)c(-c2ccc3c(c2)c2cc(-c4ccc5c(c4)C(C)(C)C4=CCCC=C4N5c4ccc5c(c4)C(C)(C)c4ccccc4-5)ccc2n3-c2ccccc2)c1O. The van der Waals surface area contributed by atoms with Gasteiger partial charge < -0.3 is 24.8 Å². The fraction of sp³-hybridized carbons (Fsp3) is 0.179. The zero-order chi connectivity index (χ0) is 42.1. The highest BCUT2D eigenvalue weighted by atomic mass is 16.3. The molecule has 0 bridgehead atoms. The zero-order valence-corrected chi connectivity index (χ0v) is 35.4. The number of rotatable bonds is 4. The van der Waals surface area contributed by atoms with Crippen molar-refractivity contribution < 1.29 is 15.3 Å². The van der Waals surface area contributed by atoms with Crippen molar-refractivity contribution in [1.82, 2.24) is 4.57 Å². The van der Waals surface area contributed by atoms with Crippen molar-refractivity contribution in [2.24, 2.45) is 0 Å². The zero-order valence-electron chi connectivity index (χ0n) is 35.4. The Kier molecular flexibility index (Phi) is 7.90. The molecule has 3 N–H and O–H groups in total. The second-order valence-electron chi connectivity index (χ2n) is 18.2. The van der Waals surface area contributed by atoms with E-state index in [0.29, 0.717) is 22.3 Å². The molecule has 5 nitrogen and oxygen atoms in total. The van der Waals surface area contributed by atoms with Crippen molar-refractivity contribution in [1.29, 1.82) is 0 Å². The van der Waals surface area contributed by atoms with Crippen LogP contribution in [0.15, 0.2) is 151 Å². The molecule has 0 saturated carbocycles. The first-order valence-electron chi connectivity index (χ1n) is 21.3. The van der Waals surface area contributed by atoms with Crippen LogP contribution in [0.1, 0.15) is 68.4 Å². The molecule has 0 radical (unpaired) electrons. The van der Waals surface area contributed by atoms with Gasteiger partial charge in [0, 0.05) is 49.8 Å². The molecule has 0 amide bonds. The van der Waals surface area contributed by atoms with E-state index >= 15 is 0 Å². The van der Waals surface area contributed by atoms with Crippen molar-refractivity contribution >= 4 is 33.2 Å². The highest BCUT2D eigenvalue weighted by Gasteiger charge is 2.41. The number of fused-ring (bicyclic) bond motifs is 8. The van der Waals surface area contributed by atoms with Crippen LogP contribution in [0.5, 0.6) is 17.2 Å². The van der Waals surface area contributed by atoms with Crippen molar-refractivity contribution in [3.63, 3.8) is 0 Å². The van der Waals surface area contributed by atoms with E-state index in [0.717, 1.165) is 51.5 Å². The number of aromatic hydroxyl groups is 3. The molecule has 0 atom stereocenters. The van der Waals surface area contributed by atoms with Gasteiger partial charge in [0.15, 0.2) is 0 Å². The van der Waals surface area contributed by atoms with Gasteiger partial charge in [-0.3, -0.25) is 0 Å². The van der Waals surface area contributed by atoms with Gasteiger partial charge in [-0.25, -0.2) is 0 Å². The molecule has 11 rings (SSSR count). The van der Waals surface area contributed by atoms with Gasteiger partial charge in [0.2, 0.25) is 0 Å². The highest BCUT2D eigenvalue weighted by molar-refractivity contribution is 6.12. The Hall–Kier alpha value is -6.98. The molecular weight excluding hydrogens is 749 g/mol. The summed E-state index contributed by atoms with van der Waals surface area (Å²) in [5.74, 6) is -0.355. The quantitative estimate of drug-likeness (QED) is 0.166. The van der Waals surface area contributed by atoms with Crippen LogP contribution in [-0.2, 0) is 10.8 Å². The third kappa shape index (κ3) is 5.19. The molecule has 0 unspecified atom stereocenters. The van der Waals surface area contributed by atoms with Crippen LogP contribution in [0.2, 0.25) is 0 Å². The maximum atomic E-state index is 11.3. The monoisotopic (exact) mass is 796 g/mol. The van der Waals surface area contributed by atoms with Crippen LogP contribution in [0.3, 0.4) is 0 Å². The number of phenols is 3. The summed E-state index contributed by atoms with van der Waals surface area (Å²) < 4.78 is 2.28. The first kappa shape index (κ1) is 37.1. The van der Waals surface area contributed by atoms with Crippen LogP contribution in [0.4, 0.5) is 11.4 Å². The number of nitrogens with zero attached hydrogens (tertiary/aromatic N) is 2. The van der Waals surface area contributed by atoms with Crippen molar-refractivity contribution in [2.45, 2.75) is 65.2 Å². The molecule has 0 saturated heterocycles. The van der Waals surface area contributed by atoms with Crippen LogP contribution in [0.25, 0.3) is 60.9 Å². The molecule has 5 heteroatoms. The third-order valence-corrected chi connectivity index (χ3v) is 14.1. The van der Waals surface area contributed by atoms with E-state index in [1.807, 2.05) is 12.1 Å². The topological polar surface area (TPSA) is 68.9 Å². The first-order valence-corrected chi connectivity index (χ1v) is 21.3. The predicted molar refractivity (Wildman–Crippen MR) is 251 cm³/mol. The van der Waals surface area contributed by atoms with Gasteiger partial charge in [-0.15, -0.1) is 0 Å². The van der Waals surface area contributed by atoms with Crippen LogP contribution in [-0.4, -0.2) is 19.9 Å². The predicted octanol–water partition coefficient (Wildman–Crippen LogP) is 14.2. The summed E-state index contributed by atoms with van der Waals surface area (Å²) in [5.41, 5.74) is 18.4. The Bertz CT molecular complexity index is 3220. The van der Waals surface area contributed by atoms with Crippen molar-refractivity contribution in [2.75, 3.05) is 4.90 Å². The second kappa shape index (κ2) is 13.0. The van der Waals surface area contributed by atoms with Gasteiger partial charge in [0.1, 0.15) is 17.2 Å². The first-order chi connectivity index (χ1) is 29.4. The molecule has 0 spiro atoms. The molecular formula is C56H48N2O3. The molecule has 3 aliphatic rings. The Morgan fingerprint density at radius 1 is 0.492 bits per heavy atom. The second-order valence-corrected chi connectivity index (χ2v) is 18.2. The maximum absolute atomic E-state index is 11.3. The van der Waals surface area contributed by atoms with E-state index in [-0.39, 0.29) is 28.1 Å². The molecule has 1 aliphatic heterocycles. The van der Waals surface area contributed by atoms with E-state index < -0.39 is 0 Å². The number of allylic oxidation sites excluding steroid dienone is 3. The van der Waals surface area contributed by atoms with E-state index in [1.165, 1.54) is 50.5 Å². The minimum atomic E-state index is -0.229. The summed E-state index contributed by atoms with van der Waals surface area (Å²) in [6.45, 7) is 12.8.